The van der Waals surface area contributed by atoms with Crippen molar-refractivity contribution in [2.75, 3.05) is 19.6 Å². The first-order chi connectivity index (χ1) is 11.5. The molecule has 24 heavy (non-hydrogen) atoms. The zero-order chi connectivity index (χ0) is 17.2. The fourth-order valence-electron chi connectivity index (χ4n) is 2.93. The highest BCUT2D eigenvalue weighted by Gasteiger charge is 2.28. The third-order valence-corrected chi connectivity index (χ3v) is 6.13. The zero-order valence-electron chi connectivity index (χ0n) is 14.0. The van der Waals surface area contributed by atoms with Gasteiger partial charge in [-0.15, -0.1) is 0 Å². The Labute approximate surface area is 143 Å². The summed E-state index contributed by atoms with van der Waals surface area (Å²) < 4.78 is 27.3. The summed E-state index contributed by atoms with van der Waals surface area (Å²) >= 11 is 0. The van der Waals surface area contributed by atoms with E-state index in [4.69, 9.17) is 0 Å². The molecule has 1 aromatic rings. The minimum atomic E-state index is -3.55. The third kappa shape index (κ3) is 4.34. The van der Waals surface area contributed by atoms with Crippen LogP contribution in [0.25, 0.3) is 0 Å². The van der Waals surface area contributed by atoms with Gasteiger partial charge in [-0.05, 0) is 69.3 Å². The molecule has 0 radical (unpaired) electrons. The molecule has 1 saturated heterocycles. The molecule has 1 aliphatic heterocycles. The molecule has 1 amide bonds. The number of amides is 1. The maximum atomic E-state index is 12.5. The molecule has 1 aromatic carbocycles. The van der Waals surface area contributed by atoms with Crippen molar-refractivity contribution in [1.29, 1.82) is 0 Å². The fraction of sp³-hybridized carbons (Fsp3) is 0.588. The SMILES string of the molecule is Cc1ccc(S(=O)(=O)NC2CC2)cc1C(=O)NCC1CCCNC1. The second kappa shape index (κ2) is 7.21. The van der Waals surface area contributed by atoms with Crippen molar-refractivity contribution >= 4 is 15.9 Å². The summed E-state index contributed by atoms with van der Waals surface area (Å²) in [6.07, 6.45) is 3.99. The lowest BCUT2D eigenvalue weighted by Gasteiger charge is -2.23. The third-order valence-electron chi connectivity index (χ3n) is 4.61. The van der Waals surface area contributed by atoms with E-state index in [1.165, 1.54) is 6.07 Å². The Morgan fingerprint density at radius 3 is 2.75 bits per heavy atom. The van der Waals surface area contributed by atoms with Gasteiger partial charge in [-0.25, -0.2) is 13.1 Å². The molecule has 2 fully saturated rings. The van der Waals surface area contributed by atoms with Gasteiger partial charge in [-0.1, -0.05) is 6.07 Å². The standard InChI is InChI=1S/C17H25N3O3S/c1-12-4-7-15(24(22,23)20-14-5-6-14)9-16(12)17(21)19-11-13-3-2-8-18-10-13/h4,7,9,13-14,18,20H,2-3,5-6,8,10-11H2,1H3,(H,19,21). The summed E-state index contributed by atoms with van der Waals surface area (Å²) in [5.74, 6) is 0.230. The lowest BCUT2D eigenvalue weighted by molar-refractivity contribution is 0.0944. The monoisotopic (exact) mass is 351 g/mol. The molecule has 1 aliphatic carbocycles. The highest BCUT2D eigenvalue weighted by Crippen LogP contribution is 2.23. The minimum Gasteiger partial charge on any atom is -0.352 e. The Bertz CT molecular complexity index is 708. The van der Waals surface area contributed by atoms with Crippen LogP contribution in [0.1, 0.15) is 41.6 Å². The molecule has 7 heteroatoms. The molecule has 6 nitrogen and oxygen atoms in total. The van der Waals surface area contributed by atoms with Crippen LogP contribution >= 0.6 is 0 Å². The molecule has 2 aliphatic rings. The van der Waals surface area contributed by atoms with Crippen LogP contribution in [0.15, 0.2) is 23.1 Å². The van der Waals surface area contributed by atoms with Crippen molar-refractivity contribution in [2.24, 2.45) is 5.92 Å². The Balaban J connectivity index is 1.69. The van der Waals surface area contributed by atoms with E-state index in [0.717, 1.165) is 44.3 Å². The smallest absolute Gasteiger partial charge is 0.251 e. The predicted molar refractivity (Wildman–Crippen MR) is 92.4 cm³/mol. The summed E-state index contributed by atoms with van der Waals surface area (Å²) in [5.41, 5.74) is 1.21. The number of benzene rings is 1. The van der Waals surface area contributed by atoms with E-state index in [9.17, 15) is 13.2 Å². The first kappa shape index (κ1) is 17.4. The van der Waals surface area contributed by atoms with Gasteiger partial charge in [-0.3, -0.25) is 4.79 Å². The van der Waals surface area contributed by atoms with E-state index < -0.39 is 10.0 Å². The molecular formula is C17H25N3O3S. The van der Waals surface area contributed by atoms with Gasteiger partial charge in [0.05, 0.1) is 4.90 Å². The van der Waals surface area contributed by atoms with Gasteiger partial charge in [0.25, 0.3) is 5.91 Å². The quantitative estimate of drug-likeness (QED) is 0.718. The van der Waals surface area contributed by atoms with Crippen LogP contribution in [0.2, 0.25) is 0 Å². The van der Waals surface area contributed by atoms with Crippen molar-refractivity contribution in [2.45, 2.75) is 43.5 Å². The first-order valence-corrected chi connectivity index (χ1v) is 10.1. The maximum absolute atomic E-state index is 12.5. The van der Waals surface area contributed by atoms with Crippen molar-refractivity contribution in [1.82, 2.24) is 15.4 Å². The number of sulfonamides is 1. The van der Waals surface area contributed by atoms with Crippen LogP contribution in [0.5, 0.6) is 0 Å². The summed E-state index contributed by atoms with van der Waals surface area (Å²) in [5, 5.41) is 6.27. The number of hydrogen-bond donors (Lipinski definition) is 3. The second-order valence-electron chi connectivity index (χ2n) is 6.79. The number of carbonyl (C=O) groups is 1. The number of piperidine rings is 1. The fourth-order valence-corrected chi connectivity index (χ4v) is 4.26. The molecule has 1 atom stereocenters. The van der Waals surface area contributed by atoms with Crippen LogP contribution < -0.4 is 15.4 Å². The van der Waals surface area contributed by atoms with Gasteiger partial charge >= 0.3 is 0 Å². The van der Waals surface area contributed by atoms with E-state index >= 15 is 0 Å². The number of aryl methyl sites for hydroxylation is 1. The highest BCUT2D eigenvalue weighted by molar-refractivity contribution is 7.89. The number of hydrogen-bond acceptors (Lipinski definition) is 4. The molecule has 0 spiro atoms. The molecule has 3 rings (SSSR count). The summed E-state index contributed by atoms with van der Waals surface area (Å²) in [6, 6.07) is 4.78. The van der Waals surface area contributed by atoms with Gasteiger partial charge in [0.2, 0.25) is 10.0 Å². The van der Waals surface area contributed by atoms with E-state index in [1.54, 1.807) is 12.1 Å². The Kier molecular flexibility index (Phi) is 5.22. The van der Waals surface area contributed by atoms with Gasteiger partial charge in [0.15, 0.2) is 0 Å². The predicted octanol–water partition coefficient (Wildman–Crippen LogP) is 1.17. The average molecular weight is 351 g/mol. The lowest BCUT2D eigenvalue weighted by Crippen LogP contribution is -2.38. The Morgan fingerprint density at radius 1 is 1.29 bits per heavy atom. The van der Waals surface area contributed by atoms with Crippen molar-refractivity contribution < 1.29 is 13.2 Å². The van der Waals surface area contributed by atoms with Crippen LogP contribution in [0, 0.1) is 12.8 Å². The molecule has 132 valence electrons. The molecule has 0 bridgehead atoms. The van der Waals surface area contributed by atoms with Crippen molar-refractivity contribution in [3.63, 3.8) is 0 Å². The van der Waals surface area contributed by atoms with Crippen LogP contribution in [0.3, 0.4) is 0 Å². The lowest BCUT2D eigenvalue weighted by atomic mass is 9.99. The normalized spacial score (nSPS) is 21.5. The van der Waals surface area contributed by atoms with Crippen LogP contribution in [-0.2, 0) is 10.0 Å². The van der Waals surface area contributed by atoms with Crippen molar-refractivity contribution in [3.05, 3.63) is 29.3 Å². The van der Waals surface area contributed by atoms with E-state index in [-0.39, 0.29) is 16.8 Å². The number of rotatable bonds is 6. The highest BCUT2D eigenvalue weighted by atomic mass is 32.2. The molecular weight excluding hydrogens is 326 g/mol. The summed E-state index contributed by atoms with van der Waals surface area (Å²) in [6.45, 7) is 4.39. The maximum Gasteiger partial charge on any atom is 0.251 e. The Hall–Kier alpha value is -1.44. The van der Waals surface area contributed by atoms with E-state index in [1.807, 2.05) is 6.92 Å². The second-order valence-corrected chi connectivity index (χ2v) is 8.51. The van der Waals surface area contributed by atoms with Crippen LogP contribution in [0.4, 0.5) is 0 Å². The summed E-state index contributed by atoms with van der Waals surface area (Å²) in [7, 11) is -3.55. The molecule has 1 heterocycles. The van der Waals surface area contributed by atoms with Crippen LogP contribution in [-0.4, -0.2) is 40.0 Å². The van der Waals surface area contributed by atoms with Crippen molar-refractivity contribution in [3.8, 4) is 0 Å². The zero-order valence-corrected chi connectivity index (χ0v) is 14.8. The topological polar surface area (TPSA) is 87.3 Å². The largest absolute Gasteiger partial charge is 0.352 e. The molecule has 1 unspecified atom stereocenters. The van der Waals surface area contributed by atoms with E-state index in [0.29, 0.717) is 18.0 Å². The van der Waals surface area contributed by atoms with Gasteiger partial charge in [0.1, 0.15) is 0 Å². The van der Waals surface area contributed by atoms with Gasteiger partial charge < -0.3 is 10.6 Å². The number of nitrogens with one attached hydrogen (secondary N) is 3. The van der Waals surface area contributed by atoms with E-state index in [2.05, 4.69) is 15.4 Å². The first-order valence-electron chi connectivity index (χ1n) is 8.57. The molecule has 1 saturated carbocycles. The Morgan fingerprint density at radius 2 is 2.08 bits per heavy atom. The molecule has 3 N–H and O–H groups in total. The minimum absolute atomic E-state index is 0.0485. The van der Waals surface area contributed by atoms with Gasteiger partial charge in [0, 0.05) is 18.2 Å². The van der Waals surface area contributed by atoms with Gasteiger partial charge in [-0.2, -0.15) is 0 Å². The molecule has 0 aromatic heterocycles. The average Bonchev–Trinajstić information content (AvgIpc) is 3.37. The number of carbonyl (C=O) groups excluding carboxylic acids is 1. The summed E-state index contributed by atoms with van der Waals surface area (Å²) in [4.78, 5) is 12.6.